The Hall–Kier alpha value is -1.26. The molecular formula is C7H8F2N2O. The van der Waals surface area contributed by atoms with Gasteiger partial charge in [-0.1, -0.05) is 0 Å². The summed E-state index contributed by atoms with van der Waals surface area (Å²) in [5, 5.41) is 0. The monoisotopic (exact) mass is 174 g/mol. The third-order valence-electron chi connectivity index (χ3n) is 1.38. The van der Waals surface area contributed by atoms with Crippen LogP contribution in [0, 0.1) is 0 Å². The van der Waals surface area contributed by atoms with E-state index in [2.05, 4.69) is 4.98 Å². The molecule has 12 heavy (non-hydrogen) atoms. The standard InChI is InChI=1S/C7H8F2N2O/c8-7(9)1-2-11-3-6(4-12)10-5-11/h3-5,7H,1-2H2. The smallest absolute Gasteiger partial charge is 0.240 e. The summed E-state index contributed by atoms with van der Waals surface area (Å²) in [6.45, 7) is 0.193. The second-order valence-electron chi connectivity index (χ2n) is 2.33. The van der Waals surface area contributed by atoms with Crippen molar-refractivity contribution in [3.05, 3.63) is 18.2 Å². The van der Waals surface area contributed by atoms with Crippen LogP contribution in [-0.2, 0) is 6.54 Å². The highest BCUT2D eigenvalue weighted by molar-refractivity contribution is 5.70. The van der Waals surface area contributed by atoms with E-state index < -0.39 is 6.43 Å². The van der Waals surface area contributed by atoms with E-state index in [4.69, 9.17) is 0 Å². The lowest BCUT2D eigenvalue weighted by Crippen LogP contribution is -2.00. The first-order valence-corrected chi connectivity index (χ1v) is 3.47. The topological polar surface area (TPSA) is 34.9 Å². The van der Waals surface area contributed by atoms with Gasteiger partial charge < -0.3 is 4.57 Å². The number of nitrogens with zero attached hydrogens (tertiary/aromatic N) is 2. The maximum atomic E-state index is 11.7. The zero-order valence-electron chi connectivity index (χ0n) is 6.28. The van der Waals surface area contributed by atoms with Crippen LogP contribution in [0.1, 0.15) is 16.9 Å². The maximum absolute atomic E-state index is 11.7. The summed E-state index contributed by atoms with van der Waals surface area (Å²) in [7, 11) is 0. The molecule has 0 saturated carbocycles. The molecule has 1 aromatic rings. The Kier molecular flexibility index (Phi) is 2.90. The second kappa shape index (κ2) is 3.94. The van der Waals surface area contributed by atoms with E-state index in [1.165, 1.54) is 17.1 Å². The second-order valence-corrected chi connectivity index (χ2v) is 2.33. The lowest BCUT2D eigenvalue weighted by Gasteiger charge is -1.99. The molecule has 0 aromatic carbocycles. The molecule has 0 bridgehead atoms. The average Bonchev–Trinajstić information content (AvgIpc) is 2.48. The van der Waals surface area contributed by atoms with Crippen LogP contribution in [0.2, 0.25) is 0 Å². The fraction of sp³-hybridized carbons (Fsp3) is 0.429. The molecule has 1 aromatic heterocycles. The van der Waals surface area contributed by atoms with Crippen molar-refractivity contribution in [3.63, 3.8) is 0 Å². The number of carbonyl (C=O) groups is 1. The van der Waals surface area contributed by atoms with E-state index in [0.29, 0.717) is 6.29 Å². The third kappa shape index (κ3) is 2.41. The molecule has 5 heteroatoms. The fourth-order valence-corrected chi connectivity index (χ4v) is 0.807. The Morgan fingerprint density at radius 3 is 2.92 bits per heavy atom. The molecule has 3 nitrogen and oxygen atoms in total. The summed E-state index contributed by atoms with van der Waals surface area (Å²) in [5.41, 5.74) is 0.268. The number of aldehydes is 1. The highest BCUT2D eigenvalue weighted by Crippen LogP contribution is 2.02. The van der Waals surface area contributed by atoms with Gasteiger partial charge in [0.1, 0.15) is 5.69 Å². The minimum atomic E-state index is -2.31. The number of halogens is 2. The SMILES string of the molecule is O=Cc1cn(CCC(F)F)cn1. The predicted octanol–water partition coefficient (Wildman–Crippen LogP) is 1.35. The summed E-state index contributed by atoms with van der Waals surface area (Å²) in [6, 6.07) is 0. The van der Waals surface area contributed by atoms with Crippen LogP contribution in [0.25, 0.3) is 0 Å². The van der Waals surface area contributed by atoms with Gasteiger partial charge in [-0.05, 0) is 0 Å². The van der Waals surface area contributed by atoms with Gasteiger partial charge in [0.25, 0.3) is 0 Å². The van der Waals surface area contributed by atoms with Crippen LogP contribution in [0.5, 0.6) is 0 Å². The molecule has 0 amide bonds. The Labute approximate surface area is 68.0 Å². The molecule has 0 saturated heterocycles. The molecule has 0 atom stereocenters. The minimum absolute atomic E-state index is 0.193. The van der Waals surface area contributed by atoms with Crippen LogP contribution >= 0.6 is 0 Å². The van der Waals surface area contributed by atoms with Crippen molar-refractivity contribution >= 4 is 6.29 Å². The quantitative estimate of drug-likeness (QED) is 0.646. The number of carbonyl (C=O) groups excluding carboxylic acids is 1. The van der Waals surface area contributed by atoms with Gasteiger partial charge in [-0.2, -0.15) is 0 Å². The van der Waals surface area contributed by atoms with Gasteiger partial charge in [-0.3, -0.25) is 4.79 Å². The van der Waals surface area contributed by atoms with Crippen LogP contribution in [-0.4, -0.2) is 22.3 Å². The van der Waals surface area contributed by atoms with Crippen molar-refractivity contribution in [1.82, 2.24) is 9.55 Å². The molecule has 0 N–H and O–H groups in total. The van der Waals surface area contributed by atoms with Gasteiger partial charge in [0.15, 0.2) is 6.29 Å². The molecule has 66 valence electrons. The first-order chi connectivity index (χ1) is 5.72. The maximum Gasteiger partial charge on any atom is 0.240 e. The number of alkyl halides is 2. The Morgan fingerprint density at radius 2 is 2.42 bits per heavy atom. The van der Waals surface area contributed by atoms with Crippen molar-refractivity contribution in [1.29, 1.82) is 0 Å². The highest BCUT2D eigenvalue weighted by atomic mass is 19.3. The van der Waals surface area contributed by atoms with Crippen molar-refractivity contribution < 1.29 is 13.6 Å². The molecule has 0 unspecified atom stereocenters. The molecular weight excluding hydrogens is 166 g/mol. The van der Waals surface area contributed by atoms with Crippen molar-refractivity contribution in [2.45, 2.75) is 19.4 Å². The number of aromatic nitrogens is 2. The third-order valence-corrected chi connectivity index (χ3v) is 1.38. The largest absolute Gasteiger partial charge is 0.337 e. The van der Waals surface area contributed by atoms with Gasteiger partial charge in [-0.15, -0.1) is 0 Å². The molecule has 0 aliphatic carbocycles. The van der Waals surface area contributed by atoms with Gasteiger partial charge in [0, 0.05) is 19.2 Å². The van der Waals surface area contributed by atoms with E-state index in [9.17, 15) is 13.6 Å². The summed E-state index contributed by atoms with van der Waals surface area (Å²) in [4.78, 5) is 13.8. The van der Waals surface area contributed by atoms with E-state index >= 15 is 0 Å². The fourth-order valence-electron chi connectivity index (χ4n) is 0.807. The van der Waals surface area contributed by atoms with Gasteiger partial charge in [0.2, 0.25) is 6.43 Å². The zero-order valence-corrected chi connectivity index (χ0v) is 6.28. The minimum Gasteiger partial charge on any atom is -0.337 e. The Bertz CT molecular complexity index is 260. The predicted molar refractivity (Wildman–Crippen MR) is 38.2 cm³/mol. The average molecular weight is 174 g/mol. The first-order valence-electron chi connectivity index (χ1n) is 3.47. The van der Waals surface area contributed by atoms with Crippen molar-refractivity contribution in [2.75, 3.05) is 0 Å². The summed E-state index contributed by atoms with van der Waals surface area (Å²) >= 11 is 0. The van der Waals surface area contributed by atoms with Crippen molar-refractivity contribution in [3.8, 4) is 0 Å². The molecule has 0 aliphatic heterocycles. The Morgan fingerprint density at radius 1 is 1.67 bits per heavy atom. The summed E-state index contributed by atoms with van der Waals surface area (Å²) in [5.74, 6) is 0. The van der Waals surface area contributed by atoms with Crippen LogP contribution in [0.4, 0.5) is 8.78 Å². The van der Waals surface area contributed by atoms with Gasteiger partial charge in [0.05, 0.1) is 6.33 Å². The number of hydrogen-bond donors (Lipinski definition) is 0. The number of hydrogen-bond acceptors (Lipinski definition) is 2. The van der Waals surface area contributed by atoms with Crippen LogP contribution in [0.15, 0.2) is 12.5 Å². The lowest BCUT2D eigenvalue weighted by molar-refractivity contribution is 0.111. The van der Waals surface area contributed by atoms with Crippen molar-refractivity contribution in [2.24, 2.45) is 0 Å². The normalized spacial score (nSPS) is 10.6. The van der Waals surface area contributed by atoms with Gasteiger partial charge >= 0.3 is 0 Å². The van der Waals surface area contributed by atoms with E-state index in [1.807, 2.05) is 0 Å². The Balaban J connectivity index is 2.47. The van der Waals surface area contributed by atoms with E-state index in [0.717, 1.165) is 0 Å². The van der Waals surface area contributed by atoms with Crippen LogP contribution in [0.3, 0.4) is 0 Å². The summed E-state index contributed by atoms with van der Waals surface area (Å²) in [6.07, 6.45) is 0.863. The first kappa shape index (κ1) is 8.83. The zero-order chi connectivity index (χ0) is 8.97. The molecule has 0 radical (unpaired) electrons. The lowest BCUT2D eigenvalue weighted by atomic mass is 10.4. The molecule has 0 aliphatic rings. The van der Waals surface area contributed by atoms with Gasteiger partial charge in [-0.25, -0.2) is 13.8 Å². The number of aryl methyl sites for hydroxylation is 1. The number of imidazole rings is 1. The summed E-state index contributed by atoms with van der Waals surface area (Å²) < 4.78 is 24.9. The number of rotatable bonds is 4. The van der Waals surface area contributed by atoms with E-state index in [1.54, 1.807) is 0 Å². The van der Waals surface area contributed by atoms with E-state index in [-0.39, 0.29) is 18.7 Å². The molecule has 1 heterocycles. The highest BCUT2D eigenvalue weighted by Gasteiger charge is 2.02. The van der Waals surface area contributed by atoms with Crippen LogP contribution < -0.4 is 0 Å². The molecule has 0 spiro atoms. The molecule has 1 rings (SSSR count). The molecule has 0 fully saturated rings.